The van der Waals surface area contributed by atoms with Crippen molar-refractivity contribution < 1.29 is 9.53 Å². The van der Waals surface area contributed by atoms with Gasteiger partial charge in [0.1, 0.15) is 11.6 Å². The summed E-state index contributed by atoms with van der Waals surface area (Å²) in [5.41, 5.74) is 0.879. The molecule has 0 atom stereocenters. The first-order valence-corrected chi connectivity index (χ1v) is 5.03. The molecule has 0 amide bonds. The number of hydrogen-bond donors (Lipinski definition) is 0. The van der Waals surface area contributed by atoms with Crippen LogP contribution in [0, 0.1) is 11.3 Å². The molecule has 1 rings (SSSR count). The molecule has 1 aromatic heterocycles. The van der Waals surface area contributed by atoms with Crippen molar-refractivity contribution in [2.24, 2.45) is 0 Å². The van der Waals surface area contributed by atoms with Crippen molar-refractivity contribution in [3.8, 4) is 6.07 Å². The molecule has 3 nitrogen and oxygen atoms in total. The van der Waals surface area contributed by atoms with Crippen LogP contribution >= 0.6 is 11.3 Å². The highest BCUT2D eigenvalue weighted by molar-refractivity contribution is 7.08. The summed E-state index contributed by atoms with van der Waals surface area (Å²) in [6.45, 7) is 1.99. The second-order valence-corrected chi connectivity index (χ2v) is 3.23. The molecular formula is C10H9NO2S. The van der Waals surface area contributed by atoms with Crippen LogP contribution in [-0.2, 0) is 9.53 Å². The van der Waals surface area contributed by atoms with Crippen molar-refractivity contribution in [1.82, 2.24) is 0 Å². The summed E-state index contributed by atoms with van der Waals surface area (Å²) < 4.78 is 4.72. The Kier molecular flexibility index (Phi) is 3.89. The highest BCUT2D eigenvalue weighted by Crippen LogP contribution is 2.11. The maximum Gasteiger partial charge on any atom is 0.348 e. The van der Waals surface area contributed by atoms with Gasteiger partial charge in [0.05, 0.1) is 6.61 Å². The van der Waals surface area contributed by atoms with Gasteiger partial charge in [-0.05, 0) is 35.4 Å². The fourth-order valence-electron chi connectivity index (χ4n) is 0.869. The van der Waals surface area contributed by atoms with Gasteiger partial charge in [-0.3, -0.25) is 0 Å². The van der Waals surface area contributed by atoms with E-state index in [0.29, 0.717) is 0 Å². The normalized spacial score (nSPS) is 10.7. The Balaban J connectivity index is 2.83. The molecule has 0 saturated heterocycles. The molecule has 0 spiro atoms. The molecule has 0 aromatic carbocycles. The number of carbonyl (C=O) groups excluding carboxylic acids is 1. The SMILES string of the molecule is CCOC(=O)C(C#N)=Cc1ccsc1. The molecule has 1 aromatic rings. The molecule has 0 aliphatic heterocycles. The third-order valence-electron chi connectivity index (χ3n) is 1.47. The van der Waals surface area contributed by atoms with Gasteiger partial charge in [-0.15, -0.1) is 0 Å². The summed E-state index contributed by atoms with van der Waals surface area (Å²) in [6, 6.07) is 3.65. The van der Waals surface area contributed by atoms with Crippen molar-refractivity contribution in [2.45, 2.75) is 6.92 Å². The van der Waals surface area contributed by atoms with Crippen LogP contribution in [0.15, 0.2) is 22.4 Å². The van der Waals surface area contributed by atoms with E-state index in [1.807, 2.05) is 22.9 Å². The lowest BCUT2D eigenvalue weighted by Crippen LogP contribution is -2.05. The van der Waals surface area contributed by atoms with Gasteiger partial charge < -0.3 is 4.74 Å². The Morgan fingerprint density at radius 1 is 1.79 bits per heavy atom. The number of nitriles is 1. The number of rotatable bonds is 3. The van der Waals surface area contributed by atoms with Crippen molar-refractivity contribution in [2.75, 3.05) is 6.61 Å². The molecule has 0 aliphatic carbocycles. The van der Waals surface area contributed by atoms with E-state index in [0.717, 1.165) is 5.56 Å². The lowest BCUT2D eigenvalue weighted by atomic mass is 10.2. The van der Waals surface area contributed by atoms with Crippen LogP contribution in [-0.4, -0.2) is 12.6 Å². The molecule has 0 saturated carbocycles. The summed E-state index contributed by atoms with van der Waals surface area (Å²) in [5.74, 6) is -0.568. The third kappa shape index (κ3) is 2.71. The average molecular weight is 207 g/mol. The van der Waals surface area contributed by atoms with Gasteiger partial charge in [0.2, 0.25) is 0 Å². The number of thiophene rings is 1. The fraction of sp³-hybridized carbons (Fsp3) is 0.200. The highest BCUT2D eigenvalue weighted by atomic mass is 32.1. The molecule has 0 radical (unpaired) electrons. The topological polar surface area (TPSA) is 50.1 Å². The maximum atomic E-state index is 11.2. The van der Waals surface area contributed by atoms with Crippen LogP contribution < -0.4 is 0 Å². The van der Waals surface area contributed by atoms with Gasteiger partial charge in [-0.2, -0.15) is 16.6 Å². The predicted octanol–water partition coefficient (Wildman–Crippen LogP) is 2.22. The number of carbonyl (C=O) groups is 1. The van der Waals surface area contributed by atoms with E-state index >= 15 is 0 Å². The molecule has 0 fully saturated rings. The fourth-order valence-corrected chi connectivity index (χ4v) is 1.49. The standard InChI is InChI=1S/C10H9NO2S/c1-2-13-10(12)9(6-11)5-8-3-4-14-7-8/h3-5,7H,2H2,1H3. The minimum Gasteiger partial charge on any atom is -0.462 e. The molecule has 4 heteroatoms. The van der Waals surface area contributed by atoms with Crippen LogP contribution in [0.2, 0.25) is 0 Å². The minimum absolute atomic E-state index is 0.0326. The Morgan fingerprint density at radius 2 is 2.57 bits per heavy atom. The van der Waals surface area contributed by atoms with E-state index in [-0.39, 0.29) is 12.2 Å². The molecule has 14 heavy (non-hydrogen) atoms. The first kappa shape index (κ1) is 10.5. The largest absolute Gasteiger partial charge is 0.462 e. The Labute approximate surface area is 86.2 Å². The first-order valence-electron chi connectivity index (χ1n) is 4.09. The molecule has 0 bridgehead atoms. The van der Waals surface area contributed by atoms with E-state index in [4.69, 9.17) is 10.00 Å². The summed E-state index contributed by atoms with van der Waals surface area (Å²) in [4.78, 5) is 11.2. The Bertz CT molecular complexity index is 373. The van der Waals surface area contributed by atoms with Gasteiger partial charge in [0.15, 0.2) is 0 Å². The number of hydrogen-bond acceptors (Lipinski definition) is 4. The highest BCUT2D eigenvalue weighted by Gasteiger charge is 2.09. The molecule has 0 aliphatic rings. The first-order chi connectivity index (χ1) is 6.77. The van der Waals surface area contributed by atoms with E-state index < -0.39 is 5.97 Å². The lowest BCUT2D eigenvalue weighted by molar-refractivity contribution is -0.137. The summed E-state index contributed by atoms with van der Waals surface area (Å²) in [6.07, 6.45) is 1.52. The maximum absolute atomic E-state index is 11.2. The molecular weight excluding hydrogens is 198 g/mol. The number of esters is 1. The zero-order valence-electron chi connectivity index (χ0n) is 7.69. The van der Waals surface area contributed by atoms with Gasteiger partial charge in [0.25, 0.3) is 0 Å². The van der Waals surface area contributed by atoms with Gasteiger partial charge >= 0.3 is 5.97 Å². The quantitative estimate of drug-likeness (QED) is 0.434. The van der Waals surface area contributed by atoms with Crippen molar-refractivity contribution in [3.63, 3.8) is 0 Å². The summed E-state index contributed by atoms with van der Waals surface area (Å²) >= 11 is 1.51. The van der Waals surface area contributed by atoms with Gasteiger partial charge in [0, 0.05) is 0 Å². The lowest BCUT2D eigenvalue weighted by Gasteiger charge is -1.97. The number of ether oxygens (including phenoxy) is 1. The average Bonchev–Trinajstić information content (AvgIpc) is 2.66. The van der Waals surface area contributed by atoms with Crippen molar-refractivity contribution in [3.05, 3.63) is 28.0 Å². The second-order valence-electron chi connectivity index (χ2n) is 2.45. The smallest absolute Gasteiger partial charge is 0.348 e. The second kappa shape index (κ2) is 5.20. The van der Waals surface area contributed by atoms with Crippen LogP contribution in [0.25, 0.3) is 6.08 Å². The van der Waals surface area contributed by atoms with E-state index in [2.05, 4.69) is 0 Å². The number of nitrogens with zero attached hydrogens (tertiary/aromatic N) is 1. The summed E-state index contributed by atoms with van der Waals surface area (Å²) in [5, 5.41) is 12.4. The Hall–Kier alpha value is -1.60. The van der Waals surface area contributed by atoms with Gasteiger partial charge in [-0.1, -0.05) is 0 Å². The minimum atomic E-state index is -0.568. The Morgan fingerprint density at radius 3 is 3.07 bits per heavy atom. The molecule has 72 valence electrons. The van der Waals surface area contributed by atoms with Crippen LogP contribution in [0.3, 0.4) is 0 Å². The van der Waals surface area contributed by atoms with Crippen LogP contribution in [0.1, 0.15) is 12.5 Å². The molecule has 0 N–H and O–H groups in total. The molecule has 1 heterocycles. The van der Waals surface area contributed by atoms with Crippen molar-refractivity contribution in [1.29, 1.82) is 5.26 Å². The van der Waals surface area contributed by atoms with Crippen LogP contribution in [0.5, 0.6) is 0 Å². The molecule has 0 unspecified atom stereocenters. The summed E-state index contributed by atoms with van der Waals surface area (Å²) in [7, 11) is 0. The predicted molar refractivity (Wildman–Crippen MR) is 54.5 cm³/mol. The zero-order chi connectivity index (χ0) is 10.4. The van der Waals surface area contributed by atoms with E-state index in [1.165, 1.54) is 17.4 Å². The van der Waals surface area contributed by atoms with E-state index in [1.54, 1.807) is 6.92 Å². The van der Waals surface area contributed by atoms with Crippen LogP contribution in [0.4, 0.5) is 0 Å². The zero-order valence-corrected chi connectivity index (χ0v) is 8.50. The third-order valence-corrected chi connectivity index (χ3v) is 2.17. The monoisotopic (exact) mass is 207 g/mol. The van der Waals surface area contributed by atoms with Gasteiger partial charge in [-0.25, -0.2) is 4.79 Å². The van der Waals surface area contributed by atoms with Crippen molar-refractivity contribution >= 4 is 23.4 Å². The van der Waals surface area contributed by atoms with E-state index in [9.17, 15) is 4.79 Å².